The van der Waals surface area contributed by atoms with Crippen molar-refractivity contribution in [2.24, 2.45) is 17.4 Å². The van der Waals surface area contributed by atoms with Crippen molar-refractivity contribution in [2.75, 3.05) is 309 Å². The normalized spacial score (nSPS) is 11.2. The number of ether oxygens (including phenoxy) is 21. The van der Waals surface area contributed by atoms with Gasteiger partial charge in [0.1, 0.15) is 30.0 Å². The Morgan fingerprint density at radius 3 is 0.969 bits per heavy atom. The minimum absolute atomic E-state index is 0. The number of carbonyl (C=O) groups excluding carboxylic acids is 5. The summed E-state index contributed by atoms with van der Waals surface area (Å²) in [5.74, 6) is 5.26. The van der Waals surface area contributed by atoms with Gasteiger partial charge in [-0.15, -0.1) is 25.3 Å². The van der Waals surface area contributed by atoms with E-state index in [0.29, 0.717) is 243 Å². The molecule has 0 saturated carbocycles. The zero-order chi connectivity index (χ0) is 96.0. The van der Waals surface area contributed by atoms with Crippen LogP contribution in [0.3, 0.4) is 0 Å². The van der Waals surface area contributed by atoms with E-state index in [0.717, 1.165) is 129 Å². The average Bonchev–Trinajstić information content (AvgIpc) is 0.967. The molecule has 5 amide bonds. The van der Waals surface area contributed by atoms with E-state index in [4.69, 9.17) is 129 Å². The zero-order valence-electron chi connectivity index (χ0n) is 81.9. The largest absolute Gasteiger partial charge is 0.444 e. The van der Waals surface area contributed by atoms with Crippen molar-refractivity contribution in [1.29, 1.82) is 0 Å². The molecule has 1 aromatic rings. The number of carbonyl (C=O) groups is 5. The molecule has 0 radical (unpaired) electrons. The number of nitrogens with two attached hydrogens (primary N) is 2. The van der Waals surface area contributed by atoms with Crippen LogP contribution in [0.1, 0.15) is 180 Å². The second kappa shape index (κ2) is 107. The van der Waals surface area contributed by atoms with Crippen molar-refractivity contribution >= 4 is 58.4 Å². The maximum Gasteiger partial charge on any atom is 0.407 e. The molecule has 36 heteroatoms. The van der Waals surface area contributed by atoms with Crippen LogP contribution >= 0.6 is 28.3 Å². The molecule has 34 nitrogen and oxygen atoms in total. The summed E-state index contributed by atoms with van der Waals surface area (Å²) in [7, 11) is 0. The van der Waals surface area contributed by atoms with Crippen molar-refractivity contribution in [3.63, 3.8) is 0 Å². The molecule has 1 unspecified atom stereocenters. The van der Waals surface area contributed by atoms with Gasteiger partial charge >= 0.3 is 18.3 Å². The molecular formula is C93H179BrClN7O27. The smallest absolute Gasteiger partial charge is 0.407 e. The Bertz CT molecular complexity index is 2570. The molecule has 1 rings (SSSR count). The number of benzene rings is 1. The number of aliphatic hydroxyl groups excluding tert-OH is 1. The first-order chi connectivity index (χ1) is 61.7. The van der Waals surface area contributed by atoms with Gasteiger partial charge in [-0.05, 0) is 144 Å². The number of halogens is 2. The van der Waals surface area contributed by atoms with Crippen LogP contribution in [0.4, 0.5) is 14.4 Å². The number of unbranched alkanes of at least 4 members (excludes halogenated alkanes) is 2. The second-order valence-corrected chi connectivity index (χ2v) is 31.8. The SMILES string of the molecule is C#CCOCCOCCOCCOCCC(=O)N(CCOCCC)CCOCCNC(=O)OC(C)(C)C.C#CCOCCOCCOCCOCCC(=O)N(CCOCCN)CCOCCN.CCCOCCBr.CCCOCCC(CCOCCNC(=O)OC(C)(C)C)Cc1ccccc1.CCCOCCCCCOCCNC(=O)OC(C)(C)C.CCCOCCO.Cl. The fourth-order valence-corrected chi connectivity index (χ4v) is 9.89. The maximum absolute atomic E-state index is 12.6. The third-order valence-corrected chi connectivity index (χ3v) is 15.8. The molecule has 129 heavy (non-hydrogen) atoms. The molecule has 0 saturated heterocycles. The van der Waals surface area contributed by atoms with E-state index in [9.17, 15) is 24.0 Å². The van der Waals surface area contributed by atoms with Gasteiger partial charge in [-0.25, -0.2) is 14.4 Å². The number of alkyl halides is 1. The number of rotatable bonds is 79. The van der Waals surface area contributed by atoms with Gasteiger partial charge in [-0.2, -0.15) is 0 Å². The molecule has 0 bridgehead atoms. The number of hydrogen-bond acceptors (Lipinski definition) is 29. The van der Waals surface area contributed by atoms with E-state index in [2.05, 4.69) is 88.8 Å². The van der Waals surface area contributed by atoms with Crippen LogP contribution in [-0.4, -0.2) is 370 Å². The summed E-state index contributed by atoms with van der Waals surface area (Å²) in [6.07, 6.45) is 20.9. The Kier molecular flexibility index (Phi) is 111. The van der Waals surface area contributed by atoms with Gasteiger partial charge in [0.2, 0.25) is 11.8 Å². The number of amides is 5. The topological polar surface area (TPSA) is 394 Å². The van der Waals surface area contributed by atoms with Gasteiger partial charge in [0, 0.05) is 124 Å². The summed E-state index contributed by atoms with van der Waals surface area (Å²) in [6.45, 7) is 50.0. The lowest BCUT2D eigenvalue weighted by Gasteiger charge is -2.23. The number of nitrogens with zero attached hydrogens (tertiary/aromatic N) is 2. The van der Waals surface area contributed by atoms with Gasteiger partial charge in [-0.3, -0.25) is 9.59 Å². The number of aliphatic hydroxyl groups is 1. The lowest BCUT2D eigenvalue weighted by atomic mass is 9.94. The van der Waals surface area contributed by atoms with E-state index in [1.54, 1.807) is 30.6 Å². The standard InChI is InChI=1S/C26H48N2O9.C22H37NO4.C20H39N3O7.C15H31NO4.C5H11BrO.C5H12O2.ClH/c1-6-12-31-16-10-28(11-17-34-15-9-27-25(30)37-26(3,4)5)24(29)8-14-33-19-21-36-23-22-35-20-18-32-13-7-2;1-5-14-25-15-11-20(18-19-9-7-6-8-10-19)12-16-26-17-13-23-21(24)27-22(2,3)4;1-2-8-25-14-16-29-18-19-30-17-15-26-9-3-20(24)23(6-12-27-10-4-21)7-13-28-11-5-22;1-5-10-18-11-7-6-8-12-19-13-9-16-14(17)20-15(2,3)4;2*1-2-4-7-5-3-6;/h2H,6,8-23H2,1,3-5H3,(H,27,30);6-10,20H,5,11-18H2,1-4H3,(H,23,24);1H,3-19,21-22H2;5-13H2,1-4H3,(H,16,17);2-5H2,1H3;6H,2-5H2,1H3;1H. The van der Waals surface area contributed by atoms with Gasteiger partial charge < -0.3 is 142 Å². The van der Waals surface area contributed by atoms with Crippen molar-refractivity contribution < 1.29 is 129 Å². The summed E-state index contributed by atoms with van der Waals surface area (Å²) in [5, 5.41) is 17.1. The molecule has 1 aromatic carbocycles. The van der Waals surface area contributed by atoms with Crippen LogP contribution in [-0.2, 0) is 115 Å². The van der Waals surface area contributed by atoms with E-state index in [1.807, 2.05) is 61.5 Å². The lowest BCUT2D eigenvalue weighted by Crippen LogP contribution is -2.38. The minimum atomic E-state index is -0.545. The first-order valence-electron chi connectivity index (χ1n) is 46.1. The highest BCUT2D eigenvalue weighted by atomic mass is 79.9. The molecule has 1 atom stereocenters. The Morgan fingerprint density at radius 2 is 0.651 bits per heavy atom. The number of alkyl carbamates (subject to hydrolysis) is 3. The minimum Gasteiger partial charge on any atom is -0.444 e. The van der Waals surface area contributed by atoms with Crippen molar-refractivity contribution in [3.8, 4) is 24.7 Å². The summed E-state index contributed by atoms with van der Waals surface area (Å²) in [5.41, 5.74) is 10.7. The lowest BCUT2D eigenvalue weighted by molar-refractivity contribution is -0.134. The van der Waals surface area contributed by atoms with E-state index in [-0.39, 0.29) is 50.3 Å². The Hall–Kier alpha value is -4.98. The van der Waals surface area contributed by atoms with E-state index in [1.165, 1.54) is 5.56 Å². The molecule has 0 aliphatic rings. The predicted octanol–water partition coefficient (Wildman–Crippen LogP) is 11.1. The highest BCUT2D eigenvalue weighted by Crippen LogP contribution is 2.17. The van der Waals surface area contributed by atoms with Crippen LogP contribution in [0.25, 0.3) is 0 Å². The van der Waals surface area contributed by atoms with Crippen LogP contribution in [0.2, 0.25) is 0 Å². The Labute approximate surface area is 792 Å². The molecular weight excluding hydrogens is 1760 g/mol. The summed E-state index contributed by atoms with van der Waals surface area (Å²) >= 11 is 3.25. The molecule has 0 aliphatic heterocycles. The zero-order valence-corrected chi connectivity index (χ0v) is 84.3. The van der Waals surface area contributed by atoms with Crippen molar-refractivity contribution in [2.45, 2.75) is 197 Å². The van der Waals surface area contributed by atoms with Crippen LogP contribution in [0.5, 0.6) is 0 Å². The van der Waals surface area contributed by atoms with E-state index < -0.39 is 35.1 Å². The fourth-order valence-electron chi connectivity index (χ4n) is 9.67. The summed E-state index contributed by atoms with van der Waals surface area (Å²) < 4.78 is 112. The molecule has 0 aliphatic carbocycles. The van der Waals surface area contributed by atoms with Crippen molar-refractivity contribution in [3.05, 3.63) is 35.9 Å². The van der Waals surface area contributed by atoms with E-state index >= 15 is 0 Å². The van der Waals surface area contributed by atoms with Gasteiger partial charge in [0.05, 0.1) is 185 Å². The average molecular weight is 1940 g/mol. The molecule has 0 fully saturated rings. The van der Waals surface area contributed by atoms with Gasteiger partial charge in [0.25, 0.3) is 0 Å². The molecule has 8 N–H and O–H groups in total. The monoisotopic (exact) mass is 1940 g/mol. The number of nitrogens with one attached hydrogen (secondary N) is 3. The third kappa shape index (κ3) is 119. The highest BCUT2D eigenvalue weighted by molar-refractivity contribution is 9.09. The Morgan fingerprint density at radius 1 is 0.372 bits per heavy atom. The quantitative estimate of drug-likeness (QED) is 0.0153. The first kappa shape index (κ1) is 135. The molecule has 0 spiro atoms. The van der Waals surface area contributed by atoms with Gasteiger partial charge in [-0.1, -0.05) is 92.7 Å². The maximum atomic E-state index is 12.6. The van der Waals surface area contributed by atoms with Crippen LogP contribution < -0.4 is 27.4 Å². The number of hydrogen-bond donors (Lipinski definition) is 6. The highest BCUT2D eigenvalue weighted by Gasteiger charge is 2.20. The van der Waals surface area contributed by atoms with Gasteiger partial charge in [0.15, 0.2) is 0 Å². The second-order valence-electron chi connectivity index (χ2n) is 31.0. The van der Waals surface area contributed by atoms with Crippen molar-refractivity contribution in [1.82, 2.24) is 25.8 Å². The number of terminal acetylenes is 2. The molecule has 0 heterocycles. The first-order valence-corrected chi connectivity index (χ1v) is 47.2. The van der Waals surface area contributed by atoms with Crippen LogP contribution in [0.15, 0.2) is 30.3 Å². The fraction of sp³-hybridized carbons (Fsp3) is 0.839. The third-order valence-electron chi connectivity index (χ3n) is 15.5. The molecule has 0 aromatic heterocycles. The summed E-state index contributed by atoms with van der Waals surface area (Å²) in [6, 6.07) is 10.6. The summed E-state index contributed by atoms with van der Waals surface area (Å²) in [4.78, 5) is 63.0. The molecule has 762 valence electrons. The Balaban J connectivity index is -0.000000376. The van der Waals surface area contributed by atoms with Crippen LogP contribution in [0, 0.1) is 30.6 Å². The predicted molar refractivity (Wildman–Crippen MR) is 512 cm³/mol.